The summed E-state index contributed by atoms with van der Waals surface area (Å²) >= 11 is 0. The van der Waals surface area contributed by atoms with Crippen LogP contribution in [0.1, 0.15) is 50.8 Å². The Kier molecular flexibility index (Phi) is 3.93. The first-order valence-electron chi connectivity index (χ1n) is 6.38. The normalized spacial score (nSPS) is 27.9. The highest BCUT2D eigenvalue weighted by molar-refractivity contribution is 5.02. The average Bonchev–Trinajstić information content (AvgIpc) is 2.84. The van der Waals surface area contributed by atoms with Gasteiger partial charge in [-0.25, -0.2) is 0 Å². The molecule has 2 N–H and O–H groups in total. The number of rotatable bonds is 4. The summed E-state index contributed by atoms with van der Waals surface area (Å²) < 4.78 is 0. The highest BCUT2D eigenvalue weighted by atomic mass is 15.3. The number of hydrogen-bond donors (Lipinski definition) is 2. The van der Waals surface area contributed by atoms with Crippen molar-refractivity contribution in [2.45, 2.75) is 45.1 Å². The van der Waals surface area contributed by atoms with Crippen molar-refractivity contribution >= 4 is 0 Å². The molecule has 1 heterocycles. The maximum absolute atomic E-state index is 4.21. The van der Waals surface area contributed by atoms with E-state index in [2.05, 4.69) is 27.7 Å². The Bertz CT molecular complexity index is 296. The standard InChI is InChI=1S/C12H22N4/c1-3-9-5-4-6-10(7-9)12(13-2)11-8-14-16-15-11/h8-10,12-13H,3-7H2,1-2H3,(H,14,15,16). The molecule has 0 radical (unpaired) electrons. The molecule has 0 aliphatic heterocycles. The molecule has 0 spiro atoms. The van der Waals surface area contributed by atoms with Crippen LogP contribution in [0.2, 0.25) is 0 Å². The maximum Gasteiger partial charge on any atom is 0.0996 e. The van der Waals surface area contributed by atoms with E-state index in [9.17, 15) is 0 Å². The molecule has 1 fully saturated rings. The molecule has 1 aliphatic carbocycles. The summed E-state index contributed by atoms with van der Waals surface area (Å²) in [7, 11) is 2.02. The zero-order valence-corrected chi connectivity index (χ0v) is 10.2. The van der Waals surface area contributed by atoms with Gasteiger partial charge in [0, 0.05) is 0 Å². The molecule has 2 rings (SSSR count). The Morgan fingerprint density at radius 2 is 2.44 bits per heavy atom. The number of H-pyrrole nitrogens is 1. The fraction of sp³-hybridized carbons (Fsp3) is 0.833. The first-order chi connectivity index (χ1) is 7.85. The molecule has 0 amide bonds. The summed E-state index contributed by atoms with van der Waals surface area (Å²) in [6.45, 7) is 2.30. The van der Waals surface area contributed by atoms with Crippen LogP contribution in [-0.4, -0.2) is 22.5 Å². The Labute approximate surface area is 97.2 Å². The topological polar surface area (TPSA) is 53.6 Å². The van der Waals surface area contributed by atoms with Gasteiger partial charge in [-0.1, -0.05) is 26.2 Å². The summed E-state index contributed by atoms with van der Waals surface area (Å²) in [6.07, 6.45) is 8.56. The Balaban J connectivity index is 2.03. The number of hydrogen-bond acceptors (Lipinski definition) is 3. The molecule has 16 heavy (non-hydrogen) atoms. The van der Waals surface area contributed by atoms with Gasteiger partial charge >= 0.3 is 0 Å². The third-order valence-corrected chi connectivity index (χ3v) is 3.94. The van der Waals surface area contributed by atoms with Crippen molar-refractivity contribution in [2.24, 2.45) is 11.8 Å². The molecule has 4 heteroatoms. The second-order valence-electron chi connectivity index (χ2n) is 4.86. The Hall–Kier alpha value is -0.900. The second kappa shape index (κ2) is 5.43. The largest absolute Gasteiger partial charge is 0.311 e. The van der Waals surface area contributed by atoms with Gasteiger partial charge < -0.3 is 5.32 Å². The van der Waals surface area contributed by atoms with Crippen LogP contribution in [0.25, 0.3) is 0 Å². The van der Waals surface area contributed by atoms with E-state index in [1.807, 2.05) is 13.2 Å². The zero-order chi connectivity index (χ0) is 11.4. The SMILES string of the molecule is CCC1CCCC(C(NC)c2cn[nH]n2)C1. The van der Waals surface area contributed by atoms with Gasteiger partial charge in [0.2, 0.25) is 0 Å². The number of nitrogens with zero attached hydrogens (tertiary/aromatic N) is 2. The lowest BCUT2D eigenvalue weighted by molar-refractivity contribution is 0.212. The van der Waals surface area contributed by atoms with Gasteiger partial charge in [-0.15, -0.1) is 0 Å². The second-order valence-corrected chi connectivity index (χ2v) is 4.86. The van der Waals surface area contributed by atoms with E-state index in [1.165, 1.54) is 32.1 Å². The highest BCUT2D eigenvalue weighted by Crippen LogP contribution is 2.37. The summed E-state index contributed by atoms with van der Waals surface area (Å²) in [5.74, 6) is 1.62. The lowest BCUT2D eigenvalue weighted by Gasteiger charge is -2.33. The maximum atomic E-state index is 4.21. The molecule has 3 unspecified atom stereocenters. The summed E-state index contributed by atoms with van der Waals surface area (Å²) in [5.41, 5.74) is 1.06. The Morgan fingerprint density at radius 3 is 3.06 bits per heavy atom. The van der Waals surface area contributed by atoms with E-state index in [0.717, 1.165) is 11.6 Å². The minimum Gasteiger partial charge on any atom is -0.311 e. The molecule has 0 aromatic carbocycles. The molecule has 1 aliphatic rings. The van der Waals surface area contributed by atoms with Crippen LogP contribution in [0.4, 0.5) is 0 Å². The number of aromatic amines is 1. The molecule has 1 aromatic rings. The van der Waals surface area contributed by atoms with Crippen LogP contribution in [0.15, 0.2) is 6.20 Å². The van der Waals surface area contributed by atoms with Gasteiger partial charge in [0.1, 0.15) is 0 Å². The first-order valence-corrected chi connectivity index (χ1v) is 6.38. The molecule has 0 saturated heterocycles. The van der Waals surface area contributed by atoms with Crippen molar-refractivity contribution in [1.82, 2.24) is 20.7 Å². The predicted octanol–water partition coefficient (Wildman–Crippen LogP) is 2.28. The third kappa shape index (κ3) is 2.43. The summed E-state index contributed by atoms with van der Waals surface area (Å²) in [6, 6.07) is 0.369. The molecule has 4 nitrogen and oxygen atoms in total. The molecular weight excluding hydrogens is 200 g/mol. The third-order valence-electron chi connectivity index (χ3n) is 3.94. The molecule has 1 saturated carbocycles. The van der Waals surface area contributed by atoms with Crippen LogP contribution in [0, 0.1) is 11.8 Å². The van der Waals surface area contributed by atoms with Gasteiger partial charge in [0.15, 0.2) is 0 Å². The molecule has 1 aromatic heterocycles. The van der Waals surface area contributed by atoms with Gasteiger partial charge in [-0.2, -0.15) is 15.4 Å². The molecule has 90 valence electrons. The van der Waals surface area contributed by atoms with Crippen molar-refractivity contribution in [3.05, 3.63) is 11.9 Å². The number of aromatic nitrogens is 3. The first kappa shape index (κ1) is 11.6. The Morgan fingerprint density at radius 1 is 1.56 bits per heavy atom. The quantitative estimate of drug-likeness (QED) is 0.821. The van der Waals surface area contributed by atoms with Crippen molar-refractivity contribution in [1.29, 1.82) is 0 Å². The minimum absolute atomic E-state index is 0.369. The van der Waals surface area contributed by atoms with Crippen LogP contribution in [0.5, 0.6) is 0 Å². The van der Waals surface area contributed by atoms with E-state index in [-0.39, 0.29) is 0 Å². The van der Waals surface area contributed by atoms with Crippen LogP contribution in [0.3, 0.4) is 0 Å². The lowest BCUT2D eigenvalue weighted by atomic mass is 9.76. The fourth-order valence-corrected chi connectivity index (χ4v) is 2.99. The van der Waals surface area contributed by atoms with Crippen LogP contribution >= 0.6 is 0 Å². The highest BCUT2D eigenvalue weighted by Gasteiger charge is 2.29. The monoisotopic (exact) mass is 222 g/mol. The van der Waals surface area contributed by atoms with Crippen molar-refractivity contribution < 1.29 is 0 Å². The van der Waals surface area contributed by atoms with Gasteiger partial charge in [-0.3, -0.25) is 0 Å². The van der Waals surface area contributed by atoms with E-state index >= 15 is 0 Å². The van der Waals surface area contributed by atoms with E-state index < -0.39 is 0 Å². The average molecular weight is 222 g/mol. The summed E-state index contributed by atoms with van der Waals surface area (Å²) in [5, 5.41) is 14.2. The minimum atomic E-state index is 0.369. The molecule has 3 atom stereocenters. The van der Waals surface area contributed by atoms with Crippen LogP contribution in [-0.2, 0) is 0 Å². The van der Waals surface area contributed by atoms with E-state index in [1.54, 1.807) is 0 Å². The van der Waals surface area contributed by atoms with Gasteiger partial charge in [-0.05, 0) is 31.7 Å². The molecular formula is C12H22N4. The molecule has 0 bridgehead atoms. The van der Waals surface area contributed by atoms with Gasteiger partial charge in [0.25, 0.3) is 0 Å². The zero-order valence-electron chi connectivity index (χ0n) is 10.2. The lowest BCUT2D eigenvalue weighted by Crippen LogP contribution is -2.29. The summed E-state index contributed by atoms with van der Waals surface area (Å²) in [4.78, 5) is 0. The van der Waals surface area contributed by atoms with Gasteiger partial charge in [0.05, 0.1) is 17.9 Å². The van der Waals surface area contributed by atoms with Crippen LogP contribution < -0.4 is 5.32 Å². The predicted molar refractivity (Wildman–Crippen MR) is 63.9 cm³/mol. The van der Waals surface area contributed by atoms with E-state index in [4.69, 9.17) is 0 Å². The van der Waals surface area contributed by atoms with Crippen molar-refractivity contribution in [3.63, 3.8) is 0 Å². The van der Waals surface area contributed by atoms with Crippen molar-refractivity contribution in [2.75, 3.05) is 7.05 Å². The van der Waals surface area contributed by atoms with Crippen molar-refractivity contribution in [3.8, 4) is 0 Å². The van der Waals surface area contributed by atoms with E-state index in [0.29, 0.717) is 12.0 Å². The smallest absolute Gasteiger partial charge is 0.0996 e. The fourth-order valence-electron chi connectivity index (χ4n) is 2.99. The number of nitrogens with one attached hydrogen (secondary N) is 2.